The average Bonchev–Trinajstić information content (AvgIpc) is 3.39. The van der Waals surface area contributed by atoms with E-state index in [0.717, 1.165) is 59.1 Å². The van der Waals surface area contributed by atoms with Gasteiger partial charge >= 0.3 is 0 Å². The number of rotatable bonds is 4. The van der Waals surface area contributed by atoms with Crippen molar-refractivity contribution in [2.24, 2.45) is 0 Å². The fraction of sp³-hybridized carbons (Fsp3) is 0.300. The molecule has 4 aromatic rings. The van der Waals surface area contributed by atoms with E-state index in [-0.39, 0.29) is 12.2 Å². The largest absolute Gasteiger partial charge is 0.473 e. The van der Waals surface area contributed by atoms with Crippen LogP contribution in [0.3, 0.4) is 0 Å². The van der Waals surface area contributed by atoms with Crippen LogP contribution in [0.15, 0.2) is 43.2 Å². The van der Waals surface area contributed by atoms with Gasteiger partial charge in [-0.15, -0.1) is 0 Å². The van der Waals surface area contributed by atoms with E-state index < -0.39 is 0 Å². The second kappa shape index (κ2) is 7.05. The molecular formula is C20H20N6O2. The zero-order valence-electron chi connectivity index (χ0n) is 15.2. The van der Waals surface area contributed by atoms with Gasteiger partial charge in [-0.1, -0.05) is 0 Å². The summed E-state index contributed by atoms with van der Waals surface area (Å²) in [5.74, 6) is 0.507. The number of H-pyrrole nitrogens is 2. The van der Waals surface area contributed by atoms with Crippen LogP contribution in [0, 0.1) is 0 Å². The van der Waals surface area contributed by atoms with Gasteiger partial charge in [-0.25, -0.2) is 9.97 Å². The van der Waals surface area contributed by atoms with Crippen molar-refractivity contribution in [3.8, 4) is 28.3 Å². The van der Waals surface area contributed by atoms with E-state index in [1.54, 1.807) is 18.6 Å². The Morgan fingerprint density at radius 1 is 1.00 bits per heavy atom. The van der Waals surface area contributed by atoms with E-state index in [4.69, 9.17) is 4.74 Å². The number of aromatic amines is 2. The van der Waals surface area contributed by atoms with E-state index in [2.05, 4.69) is 36.2 Å². The monoisotopic (exact) mass is 376 g/mol. The Balaban J connectivity index is 1.46. The quantitative estimate of drug-likeness (QED) is 0.504. The highest BCUT2D eigenvalue weighted by Gasteiger charge is 2.21. The molecule has 3 N–H and O–H groups in total. The van der Waals surface area contributed by atoms with Crippen LogP contribution in [-0.2, 0) is 0 Å². The molecule has 8 nitrogen and oxygen atoms in total. The summed E-state index contributed by atoms with van der Waals surface area (Å²) in [7, 11) is 0. The maximum absolute atomic E-state index is 9.65. The van der Waals surface area contributed by atoms with Gasteiger partial charge in [0.15, 0.2) is 0 Å². The first-order valence-corrected chi connectivity index (χ1v) is 9.39. The first-order valence-electron chi connectivity index (χ1n) is 9.39. The molecule has 0 saturated heterocycles. The maximum atomic E-state index is 9.65. The summed E-state index contributed by atoms with van der Waals surface area (Å²) in [6, 6.07) is 2.07. The van der Waals surface area contributed by atoms with Gasteiger partial charge in [-0.05, 0) is 31.7 Å². The standard InChI is InChI=1S/C20H20N6O2/c27-14-1-3-15(4-2-14)28-19-11-21-10-18(26-19)17-9-23-20-16(17)5-12(6-22-20)13-7-24-25-8-13/h5-11,14-15,27H,1-4H2,(H,22,23)(H,24,25). The summed E-state index contributed by atoms with van der Waals surface area (Å²) in [6.07, 6.45) is 13.7. The molecular weight excluding hydrogens is 356 g/mol. The van der Waals surface area contributed by atoms with Crippen molar-refractivity contribution in [2.75, 3.05) is 0 Å². The van der Waals surface area contributed by atoms with E-state index in [1.165, 1.54) is 0 Å². The molecule has 0 aliphatic heterocycles. The second-order valence-corrected chi connectivity index (χ2v) is 7.10. The van der Waals surface area contributed by atoms with E-state index in [9.17, 15) is 5.11 Å². The summed E-state index contributed by atoms with van der Waals surface area (Å²) in [6.45, 7) is 0. The Morgan fingerprint density at radius 2 is 1.89 bits per heavy atom. The van der Waals surface area contributed by atoms with E-state index in [0.29, 0.717) is 5.88 Å². The Bertz CT molecular complexity index is 1080. The third-order valence-electron chi connectivity index (χ3n) is 5.18. The topological polar surface area (TPSA) is 113 Å². The molecule has 4 heterocycles. The van der Waals surface area contributed by atoms with Crippen molar-refractivity contribution >= 4 is 11.0 Å². The van der Waals surface area contributed by atoms with Crippen molar-refractivity contribution in [2.45, 2.75) is 37.9 Å². The first kappa shape index (κ1) is 16.9. The number of nitrogens with zero attached hydrogens (tertiary/aromatic N) is 4. The SMILES string of the molecule is OC1CCC(Oc2cncc(-c3c[nH]c4ncc(-c5cn[nH]c5)cc34)n2)CC1. The minimum Gasteiger partial charge on any atom is -0.473 e. The van der Waals surface area contributed by atoms with Gasteiger partial charge in [0.25, 0.3) is 0 Å². The number of aliphatic hydroxyl groups is 1. The summed E-state index contributed by atoms with van der Waals surface area (Å²) in [4.78, 5) is 16.7. The molecule has 1 saturated carbocycles. The molecule has 0 unspecified atom stereocenters. The van der Waals surface area contributed by atoms with E-state index >= 15 is 0 Å². The number of hydrogen-bond donors (Lipinski definition) is 3. The number of aromatic nitrogens is 6. The highest BCUT2D eigenvalue weighted by Crippen LogP contribution is 2.30. The van der Waals surface area contributed by atoms with Crippen LogP contribution in [0.4, 0.5) is 0 Å². The fourth-order valence-electron chi connectivity index (χ4n) is 3.65. The van der Waals surface area contributed by atoms with Crippen molar-refractivity contribution < 1.29 is 9.84 Å². The third kappa shape index (κ3) is 3.22. The fourth-order valence-corrected chi connectivity index (χ4v) is 3.65. The molecule has 142 valence electrons. The van der Waals surface area contributed by atoms with Crippen molar-refractivity contribution in [1.29, 1.82) is 0 Å². The Kier molecular flexibility index (Phi) is 4.25. The zero-order valence-corrected chi connectivity index (χ0v) is 15.2. The lowest BCUT2D eigenvalue weighted by Crippen LogP contribution is -2.26. The van der Waals surface area contributed by atoms with Crippen LogP contribution in [0.2, 0.25) is 0 Å². The zero-order chi connectivity index (χ0) is 18.9. The molecule has 0 aromatic carbocycles. The van der Waals surface area contributed by atoms with Crippen molar-refractivity contribution in [1.82, 2.24) is 30.1 Å². The van der Waals surface area contributed by atoms with Crippen LogP contribution in [0.5, 0.6) is 5.88 Å². The van der Waals surface area contributed by atoms with Gasteiger partial charge in [0, 0.05) is 40.7 Å². The maximum Gasteiger partial charge on any atom is 0.233 e. The minimum absolute atomic E-state index is 0.0743. The number of hydrogen-bond acceptors (Lipinski definition) is 6. The second-order valence-electron chi connectivity index (χ2n) is 7.10. The lowest BCUT2D eigenvalue weighted by atomic mass is 9.95. The molecule has 0 amide bonds. The molecule has 0 atom stereocenters. The van der Waals surface area contributed by atoms with Crippen LogP contribution < -0.4 is 4.74 Å². The van der Waals surface area contributed by atoms with Gasteiger partial charge in [-0.2, -0.15) is 5.10 Å². The van der Waals surface area contributed by atoms with E-state index in [1.807, 2.05) is 18.6 Å². The van der Waals surface area contributed by atoms with Gasteiger partial charge in [0.2, 0.25) is 5.88 Å². The molecule has 0 radical (unpaired) electrons. The lowest BCUT2D eigenvalue weighted by molar-refractivity contribution is 0.0642. The number of ether oxygens (including phenoxy) is 1. The molecule has 1 aliphatic rings. The molecule has 4 aromatic heterocycles. The number of fused-ring (bicyclic) bond motifs is 1. The minimum atomic E-state index is -0.208. The van der Waals surface area contributed by atoms with Gasteiger partial charge in [0.05, 0.1) is 30.4 Å². The number of nitrogens with one attached hydrogen (secondary N) is 2. The van der Waals surface area contributed by atoms with Crippen LogP contribution in [-0.4, -0.2) is 47.4 Å². The highest BCUT2D eigenvalue weighted by molar-refractivity contribution is 5.94. The third-order valence-corrected chi connectivity index (χ3v) is 5.18. The normalized spacial score (nSPS) is 19.8. The van der Waals surface area contributed by atoms with Crippen LogP contribution in [0.25, 0.3) is 33.4 Å². The summed E-state index contributed by atoms with van der Waals surface area (Å²) >= 11 is 0. The Hall–Kier alpha value is -3.26. The molecule has 0 bridgehead atoms. The Labute approximate surface area is 161 Å². The summed E-state index contributed by atoms with van der Waals surface area (Å²) in [5, 5.41) is 17.4. The van der Waals surface area contributed by atoms with Gasteiger partial charge in [0.1, 0.15) is 11.8 Å². The van der Waals surface area contributed by atoms with Crippen molar-refractivity contribution in [3.05, 3.63) is 43.2 Å². The predicted molar refractivity (Wildman–Crippen MR) is 104 cm³/mol. The van der Waals surface area contributed by atoms with Crippen LogP contribution in [0.1, 0.15) is 25.7 Å². The highest BCUT2D eigenvalue weighted by atomic mass is 16.5. The molecule has 1 aliphatic carbocycles. The smallest absolute Gasteiger partial charge is 0.233 e. The lowest BCUT2D eigenvalue weighted by Gasteiger charge is -2.25. The first-order chi connectivity index (χ1) is 13.8. The molecule has 8 heteroatoms. The summed E-state index contributed by atoms with van der Waals surface area (Å²) < 4.78 is 6.01. The molecule has 5 rings (SSSR count). The number of pyridine rings is 1. The Morgan fingerprint density at radius 3 is 2.71 bits per heavy atom. The molecule has 28 heavy (non-hydrogen) atoms. The van der Waals surface area contributed by atoms with Gasteiger partial charge in [-0.3, -0.25) is 10.1 Å². The average molecular weight is 376 g/mol. The van der Waals surface area contributed by atoms with Crippen molar-refractivity contribution in [3.63, 3.8) is 0 Å². The predicted octanol–water partition coefficient (Wildman–Crippen LogP) is 3.09. The van der Waals surface area contributed by atoms with Gasteiger partial charge < -0.3 is 14.8 Å². The number of aliphatic hydroxyl groups excluding tert-OH is 1. The summed E-state index contributed by atoms with van der Waals surface area (Å²) in [5.41, 5.74) is 4.39. The molecule has 1 fully saturated rings. The van der Waals surface area contributed by atoms with Crippen LogP contribution >= 0.6 is 0 Å². The molecule has 0 spiro atoms.